The van der Waals surface area contributed by atoms with Gasteiger partial charge in [-0.25, -0.2) is 0 Å². The lowest BCUT2D eigenvalue weighted by atomic mass is 10.4. The Morgan fingerprint density at radius 2 is 2.00 bits per heavy atom. The number of nitrogens with zero attached hydrogens (tertiary/aromatic N) is 2. The van der Waals surface area contributed by atoms with Gasteiger partial charge in [-0.3, -0.25) is 9.98 Å². The van der Waals surface area contributed by atoms with Crippen LogP contribution in [0.3, 0.4) is 0 Å². The van der Waals surface area contributed by atoms with Gasteiger partial charge in [0.2, 0.25) is 0 Å². The van der Waals surface area contributed by atoms with E-state index in [1.54, 1.807) is 12.4 Å². The number of nitrogens with two attached hydrogens (primary N) is 1. The molecule has 0 amide bonds. The Morgan fingerprint density at radius 1 is 1.43 bits per heavy atom. The van der Waals surface area contributed by atoms with Crippen molar-refractivity contribution in [2.75, 3.05) is 6.67 Å². The second kappa shape index (κ2) is 1.84. The highest BCUT2D eigenvalue weighted by Crippen LogP contribution is 1.79. The maximum Gasteiger partial charge on any atom is 0.128 e. The van der Waals surface area contributed by atoms with Gasteiger partial charge in [0.1, 0.15) is 6.67 Å². The molecule has 0 atom stereocenters. The maximum atomic E-state index is 5.34. The minimum atomic E-state index is -0.0475. The first-order valence-corrected chi connectivity index (χ1v) is 2.15. The van der Waals surface area contributed by atoms with Crippen molar-refractivity contribution in [3.05, 3.63) is 0 Å². The van der Waals surface area contributed by atoms with E-state index in [1.165, 1.54) is 0 Å². The van der Waals surface area contributed by atoms with Crippen LogP contribution in [0.5, 0.6) is 0 Å². The fourth-order valence-electron chi connectivity index (χ4n) is 0.423. The molecule has 0 fully saturated rings. The van der Waals surface area contributed by atoms with E-state index in [4.69, 9.17) is 5.73 Å². The lowest BCUT2D eigenvalue weighted by Crippen LogP contribution is -2.25. The average molecular weight is 97.1 g/mol. The van der Waals surface area contributed by atoms with Gasteiger partial charge in [0, 0.05) is 12.4 Å². The first-order chi connectivity index (χ1) is 3.39. The van der Waals surface area contributed by atoms with Crippen LogP contribution in [0.15, 0.2) is 9.98 Å². The summed E-state index contributed by atoms with van der Waals surface area (Å²) in [6.07, 6.45) is 3.38. The van der Waals surface area contributed by atoms with E-state index in [0.29, 0.717) is 6.67 Å². The first kappa shape index (κ1) is 4.46. The third-order valence-electron chi connectivity index (χ3n) is 0.718. The summed E-state index contributed by atoms with van der Waals surface area (Å²) >= 11 is 0. The highest BCUT2D eigenvalue weighted by atomic mass is 15.0. The van der Waals surface area contributed by atoms with Crippen molar-refractivity contribution in [1.29, 1.82) is 0 Å². The lowest BCUT2D eigenvalue weighted by molar-refractivity contribution is 1.01. The first-order valence-electron chi connectivity index (χ1n) is 2.15. The molecule has 0 spiro atoms. The summed E-state index contributed by atoms with van der Waals surface area (Å²) in [5.41, 5.74) is 5.34. The molecular formula is C4H7N3. The zero-order valence-corrected chi connectivity index (χ0v) is 3.91. The Kier molecular flexibility index (Phi) is 1.17. The number of hydrogen-bond acceptors (Lipinski definition) is 3. The molecule has 0 aromatic carbocycles. The van der Waals surface area contributed by atoms with Gasteiger partial charge in [-0.05, 0) is 0 Å². The predicted octanol–water partition coefficient (Wildman–Crippen LogP) is -0.574. The van der Waals surface area contributed by atoms with Gasteiger partial charge in [0.25, 0.3) is 0 Å². The summed E-state index contributed by atoms with van der Waals surface area (Å²) in [6, 6.07) is -0.0475. The van der Waals surface area contributed by atoms with E-state index in [2.05, 4.69) is 9.98 Å². The Hall–Kier alpha value is -0.700. The van der Waals surface area contributed by atoms with Crippen LogP contribution in [0.4, 0.5) is 0 Å². The van der Waals surface area contributed by atoms with Gasteiger partial charge < -0.3 is 5.73 Å². The van der Waals surface area contributed by atoms with Crippen LogP contribution in [-0.2, 0) is 0 Å². The molecule has 0 bridgehead atoms. The summed E-state index contributed by atoms with van der Waals surface area (Å²) < 4.78 is 0. The molecule has 0 saturated heterocycles. The van der Waals surface area contributed by atoms with E-state index < -0.39 is 0 Å². The van der Waals surface area contributed by atoms with Crippen molar-refractivity contribution >= 4 is 12.4 Å². The quantitative estimate of drug-likeness (QED) is 0.432. The zero-order valence-electron chi connectivity index (χ0n) is 3.91. The number of rotatable bonds is 0. The molecule has 3 nitrogen and oxygen atoms in total. The van der Waals surface area contributed by atoms with Gasteiger partial charge in [-0.2, -0.15) is 0 Å². The standard InChI is InChI=1S/C4H7N3/c5-4-1-6-3-7-2-4/h1-2,4H,3,5H2. The summed E-state index contributed by atoms with van der Waals surface area (Å²) in [5, 5.41) is 0. The van der Waals surface area contributed by atoms with Crippen LogP contribution >= 0.6 is 0 Å². The Bertz CT molecular complexity index is 93.5. The fourth-order valence-corrected chi connectivity index (χ4v) is 0.423. The molecule has 1 rings (SSSR count). The summed E-state index contributed by atoms with van der Waals surface area (Å²) in [4.78, 5) is 7.62. The molecule has 0 saturated carbocycles. The predicted molar refractivity (Wildman–Crippen MR) is 29.8 cm³/mol. The molecule has 1 aliphatic heterocycles. The number of hydrogen-bond donors (Lipinski definition) is 1. The lowest BCUT2D eigenvalue weighted by Gasteiger charge is -1.99. The molecule has 0 aromatic rings. The largest absolute Gasteiger partial charge is 0.319 e. The Morgan fingerprint density at radius 3 is 2.29 bits per heavy atom. The smallest absolute Gasteiger partial charge is 0.128 e. The van der Waals surface area contributed by atoms with Gasteiger partial charge in [-0.1, -0.05) is 0 Å². The molecular weight excluding hydrogens is 90.1 g/mol. The molecule has 1 heterocycles. The Labute approximate surface area is 42.0 Å². The van der Waals surface area contributed by atoms with Gasteiger partial charge >= 0.3 is 0 Å². The van der Waals surface area contributed by atoms with Crippen molar-refractivity contribution in [1.82, 2.24) is 0 Å². The van der Waals surface area contributed by atoms with Crippen LogP contribution in [0.25, 0.3) is 0 Å². The molecule has 1 aliphatic rings. The molecule has 2 N–H and O–H groups in total. The molecule has 3 heteroatoms. The van der Waals surface area contributed by atoms with Crippen LogP contribution in [0, 0.1) is 0 Å². The minimum Gasteiger partial charge on any atom is -0.319 e. The normalized spacial score (nSPS) is 20.7. The molecule has 0 radical (unpaired) electrons. The molecule has 7 heavy (non-hydrogen) atoms. The third-order valence-corrected chi connectivity index (χ3v) is 0.718. The number of aliphatic imine (C=N–C) groups is 2. The van der Waals surface area contributed by atoms with E-state index in [9.17, 15) is 0 Å². The van der Waals surface area contributed by atoms with E-state index in [0.717, 1.165) is 0 Å². The second-order valence-corrected chi connectivity index (χ2v) is 1.38. The van der Waals surface area contributed by atoms with Crippen molar-refractivity contribution in [3.63, 3.8) is 0 Å². The average Bonchev–Trinajstić information content (AvgIpc) is 1.69. The maximum absolute atomic E-state index is 5.34. The zero-order chi connectivity index (χ0) is 5.11. The highest BCUT2D eigenvalue weighted by molar-refractivity contribution is 5.88. The minimum absolute atomic E-state index is 0.0475. The van der Waals surface area contributed by atoms with Gasteiger partial charge in [-0.15, -0.1) is 0 Å². The molecule has 0 unspecified atom stereocenters. The SMILES string of the molecule is NC1C=NCN=C1. The van der Waals surface area contributed by atoms with Crippen molar-refractivity contribution < 1.29 is 0 Å². The fraction of sp³-hybridized carbons (Fsp3) is 0.500. The van der Waals surface area contributed by atoms with Crippen molar-refractivity contribution in [2.45, 2.75) is 6.04 Å². The van der Waals surface area contributed by atoms with Crippen LogP contribution < -0.4 is 5.73 Å². The molecule has 0 aliphatic carbocycles. The van der Waals surface area contributed by atoms with Gasteiger partial charge in [0.15, 0.2) is 0 Å². The molecule has 0 aromatic heterocycles. The summed E-state index contributed by atoms with van der Waals surface area (Å²) in [7, 11) is 0. The summed E-state index contributed by atoms with van der Waals surface area (Å²) in [5.74, 6) is 0. The van der Waals surface area contributed by atoms with Crippen molar-refractivity contribution in [3.8, 4) is 0 Å². The van der Waals surface area contributed by atoms with Crippen LogP contribution in [0.1, 0.15) is 0 Å². The molecule has 38 valence electrons. The highest BCUT2D eigenvalue weighted by Gasteiger charge is 1.92. The van der Waals surface area contributed by atoms with Gasteiger partial charge in [0.05, 0.1) is 6.04 Å². The van der Waals surface area contributed by atoms with Crippen molar-refractivity contribution in [2.24, 2.45) is 15.7 Å². The topological polar surface area (TPSA) is 50.7 Å². The van der Waals surface area contributed by atoms with E-state index >= 15 is 0 Å². The van der Waals surface area contributed by atoms with Crippen LogP contribution in [-0.4, -0.2) is 25.1 Å². The van der Waals surface area contributed by atoms with E-state index in [1.807, 2.05) is 0 Å². The third kappa shape index (κ3) is 1.08. The monoisotopic (exact) mass is 97.1 g/mol. The van der Waals surface area contributed by atoms with E-state index in [-0.39, 0.29) is 6.04 Å². The van der Waals surface area contributed by atoms with Crippen LogP contribution in [0.2, 0.25) is 0 Å². The second-order valence-electron chi connectivity index (χ2n) is 1.38. The summed E-state index contributed by atoms with van der Waals surface area (Å²) in [6.45, 7) is 0.549. The Balaban J connectivity index is 2.49.